The Balaban J connectivity index is 1.89. The van der Waals surface area contributed by atoms with Crippen LogP contribution >= 0.6 is 11.8 Å². The molecule has 0 aromatic heterocycles. The first kappa shape index (κ1) is 13.9. The zero-order valence-electron chi connectivity index (χ0n) is 11.3. The fraction of sp³-hybridized carbons (Fsp3) is 0.235. The molecule has 0 spiro atoms. The summed E-state index contributed by atoms with van der Waals surface area (Å²) in [7, 11) is 0. The molecule has 19 heavy (non-hydrogen) atoms. The molecule has 0 aliphatic carbocycles. The zero-order valence-corrected chi connectivity index (χ0v) is 12.2. The van der Waals surface area contributed by atoms with Crippen molar-refractivity contribution in [1.29, 1.82) is 0 Å². The van der Waals surface area contributed by atoms with E-state index in [-0.39, 0.29) is 5.78 Å². The number of carbonyl (C=O) groups excluding carboxylic acids is 1. The van der Waals surface area contributed by atoms with Crippen molar-refractivity contribution in [2.24, 2.45) is 0 Å². The highest BCUT2D eigenvalue weighted by molar-refractivity contribution is 7.99. The van der Waals surface area contributed by atoms with Crippen LogP contribution in [0.4, 0.5) is 0 Å². The van der Waals surface area contributed by atoms with Crippen LogP contribution in [0.3, 0.4) is 0 Å². The van der Waals surface area contributed by atoms with Crippen molar-refractivity contribution in [3.05, 3.63) is 70.8 Å². The number of thioether (sulfide) groups is 1. The van der Waals surface area contributed by atoms with Crippen LogP contribution < -0.4 is 0 Å². The Hall–Kier alpha value is -1.54. The van der Waals surface area contributed by atoms with Gasteiger partial charge in [0.1, 0.15) is 0 Å². The maximum Gasteiger partial charge on any atom is 0.172 e. The molecule has 0 amide bonds. The van der Waals surface area contributed by atoms with E-state index in [0.717, 1.165) is 11.3 Å². The third-order valence-corrected chi connectivity index (χ3v) is 4.18. The van der Waals surface area contributed by atoms with E-state index < -0.39 is 0 Å². The van der Waals surface area contributed by atoms with Crippen molar-refractivity contribution in [3.63, 3.8) is 0 Å². The number of hydrogen-bond donors (Lipinski definition) is 0. The number of aryl methyl sites for hydroxylation is 2. The standard InChI is InChI=1S/C17H18OS/c1-13-8-9-16(10-14(13)2)17(18)12-19-11-15-6-4-3-5-7-15/h3-10H,11-12H2,1-2H3. The highest BCUT2D eigenvalue weighted by Gasteiger charge is 2.07. The molecule has 2 aromatic rings. The van der Waals surface area contributed by atoms with Crippen molar-refractivity contribution in [2.45, 2.75) is 19.6 Å². The van der Waals surface area contributed by atoms with E-state index in [0.29, 0.717) is 5.75 Å². The third-order valence-electron chi connectivity index (χ3n) is 3.17. The lowest BCUT2D eigenvalue weighted by Crippen LogP contribution is -2.03. The van der Waals surface area contributed by atoms with Crippen LogP contribution in [-0.4, -0.2) is 11.5 Å². The number of hydrogen-bond acceptors (Lipinski definition) is 2. The number of rotatable bonds is 5. The molecule has 2 heteroatoms. The molecule has 0 aliphatic rings. The Morgan fingerprint density at radius 1 is 1.00 bits per heavy atom. The monoisotopic (exact) mass is 270 g/mol. The quantitative estimate of drug-likeness (QED) is 0.748. The summed E-state index contributed by atoms with van der Waals surface area (Å²) in [6, 6.07) is 16.2. The average molecular weight is 270 g/mol. The molecule has 0 aliphatic heterocycles. The summed E-state index contributed by atoms with van der Waals surface area (Å²) in [5.74, 6) is 1.64. The Morgan fingerprint density at radius 3 is 2.42 bits per heavy atom. The summed E-state index contributed by atoms with van der Waals surface area (Å²) >= 11 is 1.67. The second-order valence-corrected chi connectivity index (χ2v) is 5.69. The second-order valence-electron chi connectivity index (χ2n) is 4.70. The van der Waals surface area contributed by atoms with Gasteiger partial charge >= 0.3 is 0 Å². The molecule has 1 nitrogen and oxygen atoms in total. The van der Waals surface area contributed by atoms with E-state index in [1.165, 1.54) is 16.7 Å². The first-order valence-electron chi connectivity index (χ1n) is 6.39. The van der Waals surface area contributed by atoms with E-state index in [4.69, 9.17) is 0 Å². The normalized spacial score (nSPS) is 10.4. The molecule has 0 heterocycles. The average Bonchev–Trinajstić information content (AvgIpc) is 2.43. The number of ketones is 1. The maximum atomic E-state index is 12.1. The van der Waals surface area contributed by atoms with Gasteiger partial charge in [-0.2, -0.15) is 0 Å². The van der Waals surface area contributed by atoms with E-state index in [1.54, 1.807) is 11.8 Å². The number of Topliss-reactive ketones (excluding diaryl/α,β-unsaturated/α-hetero) is 1. The van der Waals surface area contributed by atoms with Gasteiger partial charge in [0.15, 0.2) is 5.78 Å². The summed E-state index contributed by atoms with van der Waals surface area (Å²) < 4.78 is 0. The second kappa shape index (κ2) is 6.58. The maximum absolute atomic E-state index is 12.1. The molecule has 0 atom stereocenters. The highest BCUT2D eigenvalue weighted by Crippen LogP contribution is 2.16. The minimum atomic E-state index is 0.212. The van der Waals surface area contributed by atoms with Gasteiger partial charge in [-0.15, -0.1) is 11.8 Å². The van der Waals surface area contributed by atoms with Crippen molar-refractivity contribution in [1.82, 2.24) is 0 Å². The Morgan fingerprint density at radius 2 is 1.74 bits per heavy atom. The number of benzene rings is 2. The lowest BCUT2D eigenvalue weighted by Gasteiger charge is -2.05. The zero-order chi connectivity index (χ0) is 13.7. The van der Waals surface area contributed by atoms with E-state index >= 15 is 0 Å². The lowest BCUT2D eigenvalue weighted by atomic mass is 10.0. The Labute approximate surface area is 119 Å². The van der Waals surface area contributed by atoms with Crippen molar-refractivity contribution in [3.8, 4) is 0 Å². The van der Waals surface area contributed by atoms with Crippen LogP contribution in [0.2, 0.25) is 0 Å². The minimum Gasteiger partial charge on any atom is -0.293 e. The molecule has 0 bridgehead atoms. The molecule has 0 fully saturated rings. The SMILES string of the molecule is Cc1ccc(C(=O)CSCc2ccccc2)cc1C. The van der Waals surface area contributed by atoms with Crippen molar-refractivity contribution >= 4 is 17.5 Å². The minimum absolute atomic E-state index is 0.212. The van der Waals surface area contributed by atoms with Gasteiger partial charge in [0.05, 0.1) is 5.75 Å². The summed E-state index contributed by atoms with van der Waals surface area (Å²) in [5.41, 5.74) is 4.50. The van der Waals surface area contributed by atoms with Gasteiger partial charge in [0, 0.05) is 11.3 Å². The van der Waals surface area contributed by atoms with E-state index in [1.807, 2.05) is 43.3 Å². The van der Waals surface area contributed by atoms with Gasteiger partial charge in [-0.05, 0) is 36.6 Å². The van der Waals surface area contributed by atoms with Gasteiger partial charge in [-0.1, -0.05) is 42.5 Å². The first-order valence-corrected chi connectivity index (χ1v) is 7.54. The van der Waals surface area contributed by atoms with Gasteiger partial charge < -0.3 is 0 Å². The molecular weight excluding hydrogens is 252 g/mol. The van der Waals surface area contributed by atoms with Crippen LogP contribution in [0.5, 0.6) is 0 Å². The molecule has 0 unspecified atom stereocenters. The summed E-state index contributed by atoms with van der Waals surface area (Å²) in [6.07, 6.45) is 0. The van der Waals surface area contributed by atoms with Gasteiger partial charge in [0.2, 0.25) is 0 Å². The third kappa shape index (κ3) is 3.97. The summed E-state index contributed by atoms with van der Waals surface area (Å²) in [5, 5.41) is 0. The molecule has 2 aromatic carbocycles. The Bertz CT molecular complexity index is 561. The molecule has 0 saturated carbocycles. The molecule has 0 N–H and O–H groups in total. The van der Waals surface area contributed by atoms with Gasteiger partial charge in [0.25, 0.3) is 0 Å². The molecule has 2 rings (SSSR count). The molecular formula is C17H18OS. The molecule has 98 valence electrons. The van der Waals surface area contributed by atoms with E-state index in [2.05, 4.69) is 19.1 Å². The van der Waals surface area contributed by atoms with Gasteiger partial charge in [-0.3, -0.25) is 4.79 Å². The molecule has 0 saturated heterocycles. The van der Waals surface area contributed by atoms with Crippen molar-refractivity contribution in [2.75, 3.05) is 5.75 Å². The van der Waals surface area contributed by atoms with Crippen LogP contribution in [0.1, 0.15) is 27.0 Å². The summed E-state index contributed by atoms with van der Waals surface area (Å²) in [6.45, 7) is 4.11. The topological polar surface area (TPSA) is 17.1 Å². The highest BCUT2D eigenvalue weighted by atomic mass is 32.2. The predicted octanol–water partition coefficient (Wildman–Crippen LogP) is 4.42. The molecule has 0 radical (unpaired) electrons. The van der Waals surface area contributed by atoms with E-state index in [9.17, 15) is 4.79 Å². The fourth-order valence-corrected chi connectivity index (χ4v) is 2.72. The smallest absolute Gasteiger partial charge is 0.172 e. The lowest BCUT2D eigenvalue weighted by molar-refractivity contribution is 0.102. The Kier molecular flexibility index (Phi) is 4.80. The largest absolute Gasteiger partial charge is 0.293 e. The van der Waals surface area contributed by atoms with Crippen LogP contribution in [0.15, 0.2) is 48.5 Å². The van der Waals surface area contributed by atoms with Crippen molar-refractivity contribution < 1.29 is 4.79 Å². The van der Waals surface area contributed by atoms with Crippen LogP contribution in [0.25, 0.3) is 0 Å². The summed E-state index contributed by atoms with van der Waals surface area (Å²) in [4.78, 5) is 12.1. The van der Waals surface area contributed by atoms with Crippen LogP contribution in [0, 0.1) is 13.8 Å². The fourth-order valence-electron chi connectivity index (χ4n) is 1.83. The predicted molar refractivity (Wildman–Crippen MR) is 82.9 cm³/mol. The number of carbonyl (C=O) groups is 1. The van der Waals surface area contributed by atoms with Gasteiger partial charge in [-0.25, -0.2) is 0 Å². The first-order chi connectivity index (χ1) is 9.16. The van der Waals surface area contributed by atoms with Crippen LogP contribution in [-0.2, 0) is 5.75 Å².